The summed E-state index contributed by atoms with van der Waals surface area (Å²) in [5.74, 6) is 0.452. The van der Waals surface area contributed by atoms with E-state index in [9.17, 15) is 4.79 Å². The minimum atomic E-state index is -0.330. The van der Waals surface area contributed by atoms with Crippen LogP contribution < -0.4 is 10.1 Å². The predicted molar refractivity (Wildman–Crippen MR) is 98.1 cm³/mol. The number of carbonyl (C=O) groups excluding carboxylic acids is 1. The Balaban J connectivity index is 1.80. The largest absolute Gasteiger partial charge is 0.492 e. The number of fused-ring (bicyclic) bond motifs is 4. The van der Waals surface area contributed by atoms with E-state index in [1.54, 1.807) is 23.0 Å². The number of ether oxygens (including phenoxy) is 1. The molecule has 1 aromatic carbocycles. The molecule has 3 heterocycles. The average molecular weight is 349 g/mol. The number of carbonyl (C=O) groups is 1. The highest BCUT2D eigenvalue weighted by Gasteiger charge is 2.17. The number of aromatic nitrogens is 3. The normalized spacial score (nSPS) is 16.0. The van der Waals surface area contributed by atoms with Crippen molar-refractivity contribution in [2.24, 2.45) is 0 Å². The van der Waals surface area contributed by atoms with Gasteiger partial charge in [0.2, 0.25) is 5.78 Å². The highest BCUT2D eigenvalue weighted by atomic mass is 16.5. The van der Waals surface area contributed by atoms with Gasteiger partial charge in [0.25, 0.3) is 0 Å². The lowest BCUT2D eigenvalue weighted by molar-refractivity contribution is 0.105. The van der Waals surface area contributed by atoms with Crippen LogP contribution in [0.25, 0.3) is 16.8 Å². The maximum Gasteiger partial charge on any atom is 0.224 e. The smallest absolute Gasteiger partial charge is 0.224 e. The second-order valence-electron chi connectivity index (χ2n) is 6.18. The molecule has 0 aliphatic carbocycles. The molecule has 1 aliphatic rings. The molecular formula is C19H19N5O2. The number of hydrogen-bond acceptors (Lipinski definition) is 6. The van der Waals surface area contributed by atoms with Crippen LogP contribution in [-0.4, -0.2) is 45.8 Å². The summed E-state index contributed by atoms with van der Waals surface area (Å²) >= 11 is 0. The van der Waals surface area contributed by atoms with Crippen LogP contribution in [0.15, 0.2) is 42.7 Å². The lowest BCUT2D eigenvalue weighted by Crippen LogP contribution is -2.23. The van der Waals surface area contributed by atoms with Gasteiger partial charge in [-0.15, -0.1) is 0 Å². The Bertz CT molecular complexity index is 979. The molecule has 4 bridgehead atoms. The quantitative estimate of drug-likeness (QED) is 0.650. The molecule has 0 saturated carbocycles. The highest BCUT2D eigenvalue weighted by molar-refractivity contribution is 6.44. The van der Waals surface area contributed by atoms with Gasteiger partial charge in [0.15, 0.2) is 5.65 Å². The topological polar surface area (TPSA) is 92.4 Å². The van der Waals surface area contributed by atoms with Gasteiger partial charge in [-0.05, 0) is 43.1 Å². The van der Waals surface area contributed by atoms with Crippen molar-refractivity contribution in [1.82, 2.24) is 19.9 Å². The van der Waals surface area contributed by atoms with Gasteiger partial charge >= 0.3 is 0 Å². The summed E-state index contributed by atoms with van der Waals surface area (Å²) in [6.07, 6.45) is 4.58. The van der Waals surface area contributed by atoms with E-state index in [4.69, 9.17) is 10.1 Å². The Labute approximate surface area is 150 Å². The minimum absolute atomic E-state index is 0.0788. The van der Waals surface area contributed by atoms with Crippen LogP contribution in [0.3, 0.4) is 0 Å². The minimum Gasteiger partial charge on any atom is -0.492 e. The molecule has 0 amide bonds. The summed E-state index contributed by atoms with van der Waals surface area (Å²) in [6, 6.07) is 9.36. The zero-order valence-electron chi connectivity index (χ0n) is 14.2. The fraction of sp³-hybridized carbons (Fsp3) is 0.263. The Morgan fingerprint density at radius 2 is 2.15 bits per heavy atom. The Morgan fingerprint density at radius 3 is 3.08 bits per heavy atom. The molecular weight excluding hydrogens is 330 g/mol. The molecule has 0 unspecified atom stereocenters. The van der Waals surface area contributed by atoms with E-state index in [0.717, 1.165) is 29.8 Å². The second kappa shape index (κ2) is 7.05. The molecule has 132 valence electrons. The third kappa shape index (κ3) is 3.21. The SMILES string of the molecule is N=C1CCCNCCOc2cccc(c2)-c2cnn3ccc(nc23)C1=O. The number of nitrogens with zero attached hydrogens (tertiary/aromatic N) is 3. The lowest BCUT2D eigenvalue weighted by atomic mass is 10.1. The monoisotopic (exact) mass is 349 g/mol. The van der Waals surface area contributed by atoms with Crippen LogP contribution in [0.1, 0.15) is 23.3 Å². The molecule has 2 aromatic heterocycles. The summed E-state index contributed by atoms with van der Waals surface area (Å²) in [7, 11) is 0. The van der Waals surface area contributed by atoms with Crippen molar-refractivity contribution in [2.75, 3.05) is 19.7 Å². The van der Waals surface area contributed by atoms with Gasteiger partial charge in [-0.2, -0.15) is 5.10 Å². The van der Waals surface area contributed by atoms with E-state index in [2.05, 4.69) is 15.4 Å². The van der Waals surface area contributed by atoms with E-state index in [0.29, 0.717) is 25.2 Å². The van der Waals surface area contributed by atoms with Crippen LogP contribution in [0.5, 0.6) is 5.75 Å². The van der Waals surface area contributed by atoms with Crippen LogP contribution in [0, 0.1) is 5.41 Å². The number of benzene rings is 1. The van der Waals surface area contributed by atoms with Gasteiger partial charge in [-0.25, -0.2) is 9.50 Å². The number of ketones is 1. The third-order valence-corrected chi connectivity index (χ3v) is 4.35. The van der Waals surface area contributed by atoms with Crippen LogP contribution in [-0.2, 0) is 0 Å². The summed E-state index contributed by atoms with van der Waals surface area (Å²) in [6.45, 7) is 2.00. The molecule has 26 heavy (non-hydrogen) atoms. The van der Waals surface area contributed by atoms with Crippen molar-refractivity contribution in [3.8, 4) is 16.9 Å². The summed E-state index contributed by atoms with van der Waals surface area (Å²) < 4.78 is 7.44. The van der Waals surface area contributed by atoms with E-state index >= 15 is 0 Å². The maximum atomic E-state index is 12.5. The number of nitrogens with one attached hydrogen (secondary N) is 2. The van der Waals surface area contributed by atoms with Crippen LogP contribution >= 0.6 is 0 Å². The fourth-order valence-corrected chi connectivity index (χ4v) is 2.98. The van der Waals surface area contributed by atoms with Gasteiger partial charge in [0.1, 0.15) is 18.1 Å². The summed E-state index contributed by atoms with van der Waals surface area (Å²) in [5, 5.41) is 15.6. The van der Waals surface area contributed by atoms with Gasteiger partial charge in [0.05, 0.1) is 11.9 Å². The molecule has 1 aliphatic heterocycles. The molecule has 0 spiro atoms. The standard InChI is InChI=1S/C19H19N5O2/c20-16-5-2-7-21-8-10-26-14-4-1-3-13(11-14)15-12-22-24-9-6-17(18(16)25)23-19(15)24/h1,3-4,6,9,11-12,20-21H,2,5,7-8,10H2. The molecule has 7 nitrogen and oxygen atoms in total. The van der Waals surface area contributed by atoms with Crippen molar-refractivity contribution in [1.29, 1.82) is 5.41 Å². The highest BCUT2D eigenvalue weighted by Crippen LogP contribution is 2.27. The number of hydrogen-bond donors (Lipinski definition) is 2. The number of rotatable bonds is 0. The van der Waals surface area contributed by atoms with Crippen molar-refractivity contribution in [3.05, 3.63) is 48.4 Å². The Hall–Kier alpha value is -3.06. The van der Waals surface area contributed by atoms with Gasteiger partial charge in [0, 0.05) is 18.3 Å². The van der Waals surface area contributed by atoms with E-state index in [-0.39, 0.29) is 17.2 Å². The zero-order chi connectivity index (χ0) is 17.9. The van der Waals surface area contributed by atoms with Crippen LogP contribution in [0.4, 0.5) is 0 Å². The molecule has 3 aromatic rings. The maximum absolute atomic E-state index is 12.5. The van der Waals surface area contributed by atoms with Crippen molar-refractivity contribution >= 4 is 17.1 Å². The molecule has 0 radical (unpaired) electrons. The van der Waals surface area contributed by atoms with Crippen molar-refractivity contribution < 1.29 is 9.53 Å². The van der Waals surface area contributed by atoms with Gasteiger partial charge < -0.3 is 15.5 Å². The first-order valence-corrected chi connectivity index (χ1v) is 8.63. The van der Waals surface area contributed by atoms with Crippen LogP contribution in [0.2, 0.25) is 0 Å². The first-order chi connectivity index (χ1) is 12.7. The fourth-order valence-electron chi connectivity index (χ4n) is 2.98. The van der Waals surface area contributed by atoms with Gasteiger partial charge in [-0.1, -0.05) is 12.1 Å². The second-order valence-corrected chi connectivity index (χ2v) is 6.18. The predicted octanol–water partition coefficient (Wildman–Crippen LogP) is 2.36. The average Bonchev–Trinajstić information content (AvgIpc) is 3.09. The summed E-state index contributed by atoms with van der Waals surface area (Å²) in [4.78, 5) is 17.0. The molecule has 0 atom stereocenters. The van der Waals surface area contributed by atoms with Crippen molar-refractivity contribution in [3.63, 3.8) is 0 Å². The van der Waals surface area contributed by atoms with E-state index in [1.807, 2.05) is 24.3 Å². The van der Waals surface area contributed by atoms with Gasteiger partial charge in [-0.3, -0.25) is 4.79 Å². The first kappa shape index (κ1) is 16.4. The third-order valence-electron chi connectivity index (χ3n) is 4.35. The molecule has 7 heteroatoms. The molecule has 4 rings (SSSR count). The van der Waals surface area contributed by atoms with E-state index in [1.165, 1.54) is 0 Å². The van der Waals surface area contributed by atoms with E-state index < -0.39 is 0 Å². The van der Waals surface area contributed by atoms with Crippen molar-refractivity contribution in [2.45, 2.75) is 12.8 Å². The molecule has 2 N–H and O–H groups in total. The zero-order valence-corrected chi connectivity index (χ0v) is 14.2. The summed E-state index contributed by atoms with van der Waals surface area (Å²) in [5.41, 5.74) is 2.69. The molecule has 0 saturated heterocycles. The Morgan fingerprint density at radius 1 is 1.23 bits per heavy atom. The first-order valence-electron chi connectivity index (χ1n) is 8.63. The lowest BCUT2D eigenvalue weighted by Gasteiger charge is -2.10. The molecule has 0 fully saturated rings. The Kier molecular flexibility index (Phi) is 4.45. The number of Topliss-reactive ketones (excluding diaryl/α,β-unsaturated/α-hetero) is 1.